The highest BCUT2D eigenvalue weighted by atomic mass is 15.3. The second-order valence-corrected chi connectivity index (χ2v) is 6.02. The number of rotatable bonds is 3. The molecule has 2 atom stereocenters. The first kappa shape index (κ1) is 14.1. The monoisotopic (exact) mass is 308 g/mol. The fourth-order valence-electron chi connectivity index (χ4n) is 3.21. The lowest BCUT2D eigenvalue weighted by atomic mass is 10.0. The quantitative estimate of drug-likeness (QED) is 0.805. The molecule has 6 nitrogen and oxygen atoms in total. The topological polar surface area (TPSA) is 58.4 Å². The number of anilines is 2. The zero-order valence-corrected chi connectivity index (χ0v) is 13.1. The summed E-state index contributed by atoms with van der Waals surface area (Å²) >= 11 is 0. The maximum atomic E-state index is 4.53. The number of aromatic nitrogens is 4. The van der Waals surface area contributed by atoms with Gasteiger partial charge in [0, 0.05) is 37.2 Å². The number of imidazole rings is 1. The van der Waals surface area contributed by atoms with Gasteiger partial charge in [-0.2, -0.15) is 0 Å². The summed E-state index contributed by atoms with van der Waals surface area (Å²) in [6.45, 7) is 3.16. The molecular formula is C17H20N6. The van der Waals surface area contributed by atoms with Crippen molar-refractivity contribution in [1.82, 2.24) is 24.7 Å². The van der Waals surface area contributed by atoms with Gasteiger partial charge in [-0.05, 0) is 31.9 Å². The summed E-state index contributed by atoms with van der Waals surface area (Å²) in [4.78, 5) is 15.6. The first-order valence-electron chi connectivity index (χ1n) is 8.03. The van der Waals surface area contributed by atoms with Crippen molar-refractivity contribution in [3.05, 3.63) is 49.2 Å². The molecule has 4 heterocycles. The lowest BCUT2D eigenvalue weighted by Gasteiger charge is -2.36. The van der Waals surface area contributed by atoms with Crippen LogP contribution in [-0.2, 0) is 0 Å². The average Bonchev–Trinajstić information content (AvgIpc) is 3.02. The minimum absolute atomic E-state index is 0.336. The third-order valence-electron chi connectivity index (χ3n) is 4.44. The molecule has 0 aromatic carbocycles. The van der Waals surface area contributed by atoms with E-state index in [1.807, 2.05) is 36.8 Å². The van der Waals surface area contributed by atoms with Crippen LogP contribution < -0.4 is 10.2 Å². The van der Waals surface area contributed by atoms with Gasteiger partial charge >= 0.3 is 0 Å². The molecule has 0 unspecified atom stereocenters. The summed E-state index contributed by atoms with van der Waals surface area (Å²) < 4.78 is 2.10. The predicted molar refractivity (Wildman–Crippen MR) is 89.8 cm³/mol. The van der Waals surface area contributed by atoms with Gasteiger partial charge in [-0.25, -0.2) is 9.97 Å². The maximum absolute atomic E-state index is 4.53. The smallest absolute Gasteiger partial charge is 0.152 e. The summed E-state index contributed by atoms with van der Waals surface area (Å²) in [6.07, 6.45) is 11.5. The molecule has 0 bridgehead atoms. The number of hydrogen-bond acceptors (Lipinski definition) is 5. The van der Waals surface area contributed by atoms with Crippen molar-refractivity contribution in [1.29, 1.82) is 0 Å². The van der Waals surface area contributed by atoms with Crippen molar-refractivity contribution in [2.24, 2.45) is 0 Å². The molecule has 3 aromatic rings. The molecule has 23 heavy (non-hydrogen) atoms. The summed E-state index contributed by atoms with van der Waals surface area (Å²) in [6, 6.07) is 6.94. The first-order chi connectivity index (χ1) is 11.3. The minimum atomic E-state index is 0.336. The van der Waals surface area contributed by atoms with Crippen molar-refractivity contribution in [2.45, 2.75) is 31.8 Å². The highest BCUT2D eigenvalue weighted by Gasteiger charge is 2.28. The standard InChI is InChI=1S/C17H20N6/c1-13-5-6-14(10-20-13)23(16-11-18-7-8-19-16)17-12-21-15-4-2-3-9-22(15)17/h2-4,7-9,11-14,20H,5-6,10H2,1H3/t13-,14+/m0/s1. The average molecular weight is 308 g/mol. The van der Waals surface area contributed by atoms with E-state index in [4.69, 9.17) is 0 Å². The largest absolute Gasteiger partial charge is 0.312 e. The first-order valence-corrected chi connectivity index (χ1v) is 8.03. The fraction of sp³-hybridized carbons (Fsp3) is 0.353. The number of piperidine rings is 1. The van der Waals surface area contributed by atoms with E-state index in [-0.39, 0.29) is 0 Å². The van der Waals surface area contributed by atoms with Crippen molar-refractivity contribution >= 4 is 17.3 Å². The number of hydrogen-bond donors (Lipinski definition) is 1. The molecule has 1 aliphatic heterocycles. The van der Waals surface area contributed by atoms with Crippen LogP contribution >= 0.6 is 0 Å². The van der Waals surface area contributed by atoms with Crippen molar-refractivity contribution in [3.8, 4) is 0 Å². The van der Waals surface area contributed by atoms with Crippen LogP contribution in [0.15, 0.2) is 49.2 Å². The van der Waals surface area contributed by atoms with E-state index in [0.717, 1.165) is 36.7 Å². The second kappa shape index (κ2) is 5.96. The van der Waals surface area contributed by atoms with Crippen LogP contribution in [0, 0.1) is 0 Å². The van der Waals surface area contributed by atoms with Gasteiger partial charge in [0.05, 0.1) is 12.4 Å². The number of nitrogens with zero attached hydrogens (tertiary/aromatic N) is 5. The van der Waals surface area contributed by atoms with Gasteiger partial charge in [0.25, 0.3) is 0 Å². The molecule has 0 amide bonds. The summed E-state index contributed by atoms with van der Waals surface area (Å²) in [5, 5.41) is 3.57. The van der Waals surface area contributed by atoms with E-state index in [9.17, 15) is 0 Å². The van der Waals surface area contributed by atoms with Crippen LogP contribution in [-0.4, -0.2) is 38.0 Å². The van der Waals surface area contributed by atoms with E-state index < -0.39 is 0 Å². The van der Waals surface area contributed by atoms with Crippen LogP contribution in [0.5, 0.6) is 0 Å². The minimum Gasteiger partial charge on any atom is -0.312 e. The molecule has 3 aromatic heterocycles. The van der Waals surface area contributed by atoms with E-state index >= 15 is 0 Å². The SMILES string of the molecule is C[C@H]1CC[C@@H](N(c2cnccn2)c2cnc3ccccn23)CN1. The van der Waals surface area contributed by atoms with Crippen LogP contribution in [0.25, 0.3) is 5.65 Å². The third-order valence-corrected chi connectivity index (χ3v) is 4.44. The lowest BCUT2D eigenvalue weighted by Crippen LogP contribution is -2.47. The molecule has 4 rings (SSSR count). The normalized spacial score (nSPS) is 21.4. The molecule has 0 saturated carbocycles. The lowest BCUT2D eigenvalue weighted by molar-refractivity contribution is 0.379. The molecule has 118 valence electrons. The zero-order chi connectivity index (χ0) is 15.6. The van der Waals surface area contributed by atoms with Gasteiger partial charge in [0.1, 0.15) is 11.5 Å². The van der Waals surface area contributed by atoms with E-state index in [1.54, 1.807) is 12.4 Å². The third kappa shape index (κ3) is 2.66. The van der Waals surface area contributed by atoms with Crippen molar-refractivity contribution in [3.63, 3.8) is 0 Å². The Hall–Kier alpha value is -2.47. The van der Waals surface area contributed by atoms with Gasteiger partial charge in [-0.3, -0.25) is 9.38 Å². The second-order valence-electron chi connectivity index (χ2n) is 6.02. The Kier molecular flexibility index (Phi) is 3.67. The molecule has 0 radical (unpaired) electrons. The molecule has 1 fully saturated rings. The van der Waals surface area contributed by atoms with Crippen LogP contribution in [0.2, 0.25) is 0 Å². The van der Waals surface area contributed by atoms with Crippen molar-refractivity contribution < 1.29 is 0 Å². The number of fused-ring (bicyclic) bond motifs is 1. The Balaban J connectivity index is 1.79. The summed E-state index contributed by atoms with van der Waals surface area (Å²) in [7, 11) is 0. The molecule has 0 aliphatic carbocycles. The maximum Gasteiger partial charge on any atom is 0.152 e. The van der Waals surface area contributed by atoms with Gasteiger partial charge in [0.2, 0.25) is 0 Å². The Labute approximate surface area is 135 Å². The van der Waals surface area contributed by atoms with Crippen molar-refractivity contribution in [2.75, 3.05) is 11.4 Å². The predicted octanol–water partition coefficient (Wildman–Crippen LogP) is 2.40. The Bertz CT molecular complexity index is 776. The molecule has 1 aliphatic rings. The Morgan fingerprint density at radius 3 is 2.91 bits per heavy atom. The summed E-state index contributed by atoms with van der Waals surface area (Å²) in [5.41, 5.74) is 0.938. The van der Waals surface area contributed by atoms with E-state index in [0.29, 0.717) is 12.1 Å². The van der Waals surface area contributed by atoms with Crippen LogP contribution in [0.4, 0.5) is 11.6 Å². The molecular weight excluding hydrogens is 288 g/mol. The van der Waals surface area contributed by atoms with E-state index in [2.05, 4.69) is 36.5 Å². The van der Waals surface area contributed by atoms with Gasteiger partial charge < -0.3 is 10.2 Å². The number of nitrogens with one attached hydrogen (secondary N) is 1. The molecule has 1 saturated heterocycles. The molecule has 1 N–H and O–H groups in total. The van der Waals surface area contributed by atoms with Gasteiger partial charge in [-0.15, -0.1) is 0 Å². The van der Waals surface area contributed by atoms with Gasteiger partial charge in [-0.1, -0.05) is 6.07 Å². The van der Waals surface area contributed by atoms with Crippen LogP contribution in [0.3, 0.4) is 0 Å². The molecule has 6 heteroatoms. The summed E-state index contributed by atoms with van der Waals surface area (Å²) in [5.74, 6) is 1.89. The highest BCUT2D eigenvalue weighted by Crippen LogP contribution is 2.29. The zero-order valence-electron chi connectivity index (χ0n) is 13.1. The number of pyridine rings is 1. The fourth-order valence-corrected chi connectivity index (χ4v) is 3.21. The highest BCUT2D eigenvalue weighted by molar-refractivity contribution is 5.61. The Morgan fingerprint density at radius 1 is 1.17 bits per heavy atom. The molecule has 0 spiro atoms. The van der Waals surface area contributed by atoms with Crippen LogP contribution in [0.1, 0.15) is 19.8 Å². The Morgan fingerprint density at radius 2 is 2.13 bits per heavy atom. The van der Waals surface area contributed by atoms with E-state index in [1.165, 1.54) is 0 Å². The van der Waals surface area contributed by atoms with Gasteiger partial charge in [0.15, 0.2) is 5.82 Å².